The Labute approximate surface area is 364 Å². The predicted octanol–water partition coefficient (Wildman–Crippen LogP) is 8.97. The number of benzene rings is 6. The smallest absolute Gasteiger partial charge is 0.0184 e. The zero-order valence-corrected chi connectivity index (χ0v) is 39.2. The minimum Gasteiger partial charge on any atom is -1.00 e. The van der Waals surface area contributed by atoms with Crippen LogP contribution in [0.1, 0.15) is 91.9 Å². The Morgan fingerprint density at radius 2 is 0.842 bits per heavy atom. The van der Waals surface area contributed by atoms with Crippen molar-refractivity contribution in [2.45, 2.75) is 83.2 Å². The molecule has 57 heavy (non-hydrogen) atoms. The summed E-state index contributed by atoms with van der Waals surface area (Å²) >= 11 is -1.99. The molecule has 0 fully saturated rings. The summed E-state index contributed by atoms with van der Waals surface area (Å²) in [6.45, 7) is 21.1. The van der Waals surface area contributed by atoms with Gasteiger partial charge in [0.25, 0.3) is 0 Å². The molecule has 0 aromatic heterocycles. The van der Waals surface area contributed by atoms with Crippen LogP contribution in [0.3, 0.4) is 0 Å². The van der Waals surface area contributed by atoms with Crippen molar-refractivity contribution in [1.29, 1.82) is 0 Å². The Hall–Kier alpha value is -3.87. The Morgan fingerprint density at radius 1 is 0.509 bits per heavy atom. The van der Waals surface area contributed by atoms with E-state index in [4.69, 9.17) is 0 Å². The van der Waals surface area contributed by atoms with Crippen molar-refractivity contribution in [3.63, 3.8) is 0 Å². The first kappa shape index (κ1) is 45.8. The second-order valence-corrected chi connectivity index (χ2v) is 23.6. The van der Waals surface area contributed by atoms with Crippen molar-refractivity contribution >= 4 is 3.71 Å². The number of hydrogen-bond acceptors (Lipinski definition) is 0. The van der Waals surface area contributed by atoms with Gasteiger partial charge in [-0.05, 0) is 22.3 Å². The molecule has 2 aliphatic carbocycles. The molecule has 0 spiro atoms. The van der Waals surface area contributed by atoms with Crippen LogP contribution in [0.25, 0.3) is 33.4 Å². The van der Waals surface area contributed by atoms with Gasteiger partial charge in [-0.15, -0.1) is 0 Å². The van der Waals surface area contributed by atoms with Crippen LogP contribution >= 0.6 is 0 Å². The van der Waals surface area contributed by atoms with Gasteiger partial charge in [-0.2, -0.15) is 0 Å². The zero-order chi connectivity index (χ0) is 39.2. The summed E-state index contributed by atoms with van der Waals surface area (Å²) < 4.78 is 4.97. The molecule has 0 aliphatic heterocycles. The summed E-state index contributed by atoms with van der Waals surface area (Å²) in [4.78, 5) is 0. The molecule has 6 aromatic carbocycles. The topological polar surface area (TPSA) is 0 Å². The van der Waals surface area contributed by atoms with E-state index in [0.717, 1.165) is 0 Å². The Bertz CT molecular complexity index is 2090. The molecule has 292 valence electrons. The molecular weight excluding hydrogens is 811 g/mol. The van der Waals surface area contributed by atoms with Gasteiger partial charge in [-0.3, -0.25) is 0 Å². The summed E-state index contributed by atoms with van der Waals surface area (Å²) in [5.41, 5.74) is 17.5. The van der Waals surface area contributed by atoms with Crippen LogP contribution in [-0.4, -0.2) is 3.71 Å². The monoisotopic (exact) mass is 866 g/mol. The molecule has 3 heteroatoms. The molecule has 0 saturated heterocycles. The van der Waals surface area contributed by atoms with Gasteiger partial charge in [0.1, 0.15) is 0 Å². The molecule has 0 nitrogen and oxygen atoms in total. The summed E-state index contributed by atoms with van der Waals surface area (Å²) in [5, 5.41) is 0. The van der Waals surface area contributed by atoms with E-state index in [-0.39, 0.29) is 35.6 Å². The standard InChI is InChI=1S/C23H29.2C12H10.C5H5.C2H4.2ClH.Zr/c1-14-9-16-11-17-10-15(2)21(23(6,7)8)13-19(17)18(16)12-20(14)22(3,4)5;2*1-3-7-11(8-4-1)12-9-5-2-6-10-12;1-2-4-5-3-1;1-2;;;/h9-13H,1-8H3;2*1-10H;1-3H,4H2;1H,2H3;2*1H;/q;;;;;;;+2/p-2. The molecule has 0 atom stereocenters. The van der Waals surface area contributed by atoms with Gasteiger partial charge >= 0.3 is 198 Å². The van der Waals surface area contributed by atoms with E-state index in [1.165, 1.54) is 62.1 Å². The van der Waals surface area contributed by atoms with Gasteiger partial charge < -0.3 is 24.8 Å². The first-order chi connectivity index (χ1) is 26.4. The molecule has 0 bridgehead atoms. The molecule has 0 heterocycles. The summed E-state index contributed by atoms with van der Waals surface area (Å²) in [6.07, 6.45) is 8.22. The van der Waals surface area contributed by atoms with Crippen molar-refractivity contribution in [2.75, 3.05) is 0 Å². The maximum atomic E-state index is 2.63. The van der Waals surface area contributed by atoms with E-state index in [0.29, 0.717) is 3.63 Å². The normalized spacial score (nSPS) is 12.8. The van der Waals surface area contributed by atoms with E-state index < -0.39 is 21.3 Å². The van der Waals surface area contributed by atoms with Crippen LogP contribution < -0.4 is 24.8 Å². The van der Waals surface area contributed by atoms with Crippen LogP contribution in [-0.2, 0) is 32.1 Å². The van der Waals surface area contributed by atoms with Crippen LogP contribution in [0.2, 0.25) is 0 Å². The molecule has 0 radical (unpaired) electrons. The fourth-order valence-electron chi connectivity index (χ4n) is 8.24. The van der Waals surface area contributed by atoms with E-state index in [1.807, 2.05) is 24.3 Å². The van der Waals surface area contributed by atoms with Crippen molar-refractivity contribution in [3.8, 4) is 33.4 Å². The number of halogens is 2. The molecule has 6 aromatic rings. The number of fused-ring (bicyclic) bond motifs is 3. The van der Waals surface area contributed by atoms with Crippen molar-refractivity contribution < 1.29 is 46.1 Å². The summed E-state index contributed by atoms with van der Waals surface area (Å²) in [6, 6.07) is 51.8. The molecular formula is C54H58Cl2Zr. The van der Waals surface area contributed by atoms with Crippen molar-refractivity contribution in [1.82, 2.24) is 0 Å². The molecule has 0 saturated carbocycles. The average Bonchev–Trinajstić information content (AvgIpc) is 3.82. The number of rotatable bonds is 4. The molecule has 0 amide bonds. The Balaban J connectivity index is 0.000000226. The summed E-state index contributed by atoms with van der Waals surface area (Å²) in [7, 11) is 0. The SMILES string of the molecule is C/[CH]=[Zr+2](\[C]1=CC=CC1)[CH]1c2cc(C)c(C(C)(C)C)cc2-c2cc(C(C)(C)C)c(C)cc21.[Cl-].[Cl-].c1ccc(-c2ccccc2)cc1.c1ccc(-c2ccccc2)cc1. The van der Waals surface area contributed by atoms with E-state index >= 15 is 0 Å². The van der Waals surface area contributed by atoms with Gasteiger partial charge in [0.15, 0.2) is 0 Å². The van der Waals surface area contributed by atoms with Gasteiger partial charge in [-0.25, -0.2) is 0 Å². The summed E-state index contributed by atoms with van der Waals surface area (Å²) in [5.74, 6) is 0. The quantitative estimate of drug-likeness (QED) is 0.166. The maximum absolute atomic E-state index is 2.63. The van der Waals surface area contributed by atoms with Crippen molar-refractivity contribution in [3.05, 3.63) is 200 Å². The third kappa shape index (κ3) is 11.0. The first-order valence-electron chi connectivity index (χ1n) is 19.9. The predicted molar refractivity (Wildman–Crippen MR) is 238 cm³/mol. The van der Waals surface area contributed by atoms with E-state index in [1.54, 1.807) is 14.4 Å². The Morgan fingerprint density at radius 3 is 1.11 bits per heavy atom. The molecule has 0 unspecified atom stereocenters. The van der Waals surface area contributed by atoms with E-state index in [2.05, 4.69) is 206 Å². The number of hydrogen-bond donors (Lipinski definition) is 0. The third-order valence-corrected chi connectivity index (χ3v) is 18.2. The average molecular weight is 869 g/mol. The molecule has 2 aliphatic rings. The van der Waals surface area contributed by atoms with Gasteiger partial charge in [0.05, 0.1) is 0 Å². The molecule has 0 N–H and O–H groups in total. The van der Waals surface area contributed by atoms with Crippen LogP contribution in [0.4, 0.5) is 0 Å². The van der Waals surface area contributed by atoms with E-state index in [9.17, 15) is 0 Å². The molecule has 8 rings (SSSR count). The number of aryl methyl sites for hydroxylation is 2. The largest absolute Gasteiger partial charge is 1.00 e. The van der Waals surface area contributed by atoms with Gasteiger partial charge in [-0.1, -0.05) is 121 Å². The first-order valence-corrected chi connectivity index (χ1v) is 24.0. The fourth-order valence-corrected chi connectivity index (χ4v) is 15.3. The Kier molecular flexibility index (Phi) is 16.2. The second-order valence-electron chi connectivity index (χ2n) is 17.0. The van der Waals surface area contributed by atoms with Gasteiger partial charge in [0.2, 0.25) is 0 Å². The minimum atomic E-state index is -1.99. The minimum absolute atomic E-state index is 0. The van der Waals surface area contributed by atoms with Crippen LogP contribution in [0, 0.1) is 13.8 Å². The maximum Gasteiger partial charge on any atom is -0.0184 e. The van der Waals surface area contributed by atoms with Crippen molar-refractivity contribution in [2.24, 2.45) is 0 Å². The number of allylic oxidation sites excluding steroid dienone is 4. The van der Waals surface area contributed by atoms with Crippen LogP contribution in [0.5, 0.6) is 0 Å². The second kappa shape index (κ2) is 20.2. The van der Waals surface area contributed by atoms with Crippen LogP contribution in [0.15, 0.2) is 167 Å². The fraction of sp³-hybridized carbons (Fsp3) is 0.241. The van der Waals surface area contributed by atoms with Gasteiger partial charge in [0, 0.05) is 0 Å². The third-order valence-electron chi connectivity index (χ3n) is 10.8. The zero-order valence-electron chi connectivity index (χ0n) is 35.2.